The first-order valence-electron chi connectivity index (χ1n) is 9.79. The highest BCUT2D eigenvalue weighted by Crippen LogP contribution is 2.28. The van der Waals surface area contributed by atoms with Gasteiger partial charge in [-0.3, -0.25) is 14.4 Å². The number of benzene rings is 2. The molecule has 2 aromatic rings. The Labute approximate surface area is 173 Å². The van der Waals surface area contributed by atoms with E-state index in [1.165, 1.54) is 11.0 Å². The van der Waals surface area contributed by atoms with Crippen LogP contribution in [-0.2, 0) is 20.9 Å². The minimum Gasteiger partial charge on any atom is -0.352 e. The quantitative estimate of drug-likeness (QED) is 0.728. The lowest BCUT2D eigenvalue weighted by molar-refractivity contribution is -0.126. The van der Waals surface area contributed by atoms with Crippen LogP contribution in [0.25, 0.3) is 0 Å². The Morgan fingerprint density at radius 1 is 1.13 bits per heavy atom. The smallest absolute Gasteiger partial charge is 0.227 e. The van der Waals surface area contributed by atoms with E-state index in [4.69, 9.17) is 0 Å². The van der Waals surface area contributed by atoms with Crippen LogP contribution in [0.2, 0.25) is 0 Å². The zero-order valence-corrected chi connectivity index (χ0v) is 16.6. The van der Waals surface area contributed by atoms with Crippen LogP contribution in [0.3, 0.4) is 0 Å². The second kappa shape index (κ2) is 9.47. The summed E-state index contributed by atoms with van der Waals surface area (Å²) in [4.78, 5) is 37.5. The summed E-state index contributed by atoms with van der Waals surface area (Å²) >= 11 is 0. The molecule has 1 aliphatic rings. The molecule has 6 nitrogen and oxygen atoms in total. The van der Waals surface area contributed by atoms with Crippen molar-refractivity contribution in [2.45, 2.75) is 32.7 Å². The van der Waals surface area contributed by atoms with E-state index in [1.54, 1.807) is 24.3 Å². The second-order valence-corrected chi connectivity index (χ2v) is 7.21. The molecule has 1 fully saturated rings. The van der Waals surface area contributed by atoms with Gasteiger partial charge in [-0.25, -0.2) is 8.78 Å². The van der Waals surface area contributed by atoms with Crippen molar-refractivity contribution >= 4 is 29.1 Å². The maximum Gasteiger partial charge on any atom is 0.227 e. The summed E-state index contributed by atoms with van der Waals surface area (Å²) in [7, 11) is 0. The Morgan fingerprint density at radius 2 is 1.87 bits per heavy atom. The summed E-state index contributed by atoms with van der Waals surface area (Å²) < 4.78 is 27.1. The van der Waals surface area contributed by atoms with E-state index in [9.17, 15) is 23.2 Å². The third kappa shape index (κ3) is 5.20. The average Bonchev–Trinajstić information content (AvgIpc) is 3.09. The normalized spacial score (nSPS) is 15.9. The number of hydrogen-bond acceptors (Lipinski definition) is 3. The van der Waals surface area contributed by atoms with Gasteiger partial charge in [0.05, 0.1) is 11.6 Å². The molecule has 2 aromatic carbocycles. The molecule has 1 atom stereocenters. The number of carbonyl (C=O) groups is 3. The lowest BCUT2D eigenvalue weighted by Crippen LogP contribution is -2.32. The van der Waals surface area contributed by atoms with Crippen molar-refractivity contribution in [2.24, 2.45) is 5.92 Å². The van der Waals surface area contributed by atoms with E-state index in [2.05, 4.69) is 10.6 Å². The first-order valence-corrected chi connectivity index (χ1v) is 9.79. The van der Waals surface area contributed by atoms with Crippen molar-refractivity contribution in [1.82, 2.24) is 5.32 Å². The van der Waals surface area contributed by atoms with Crippen LogP contribution in [-0.4, -0.2) is 24.3 Å². The van der Waals surface area contributed by atoms with Crippen LogP contribution in [0.1, 0.15) is 31.7 Å². The van der Waals surface area contributed by atoms with Crippen LogP contribution in [0.4, 0.5) is 20.2 Å². The number of halogens is 2. The van der Waals surface area contributed by atoms with E-state index >= 15 is 0 Å². The molecule has 1 heterocycles. The third-order valence-corrected chi connectivity index (χ3v) is 4.88. The van der Waals surface area contributed by atoms with Gasteiger partial charge in [0.1, 0.15) is 11.6 Å². The van der Waals surface area contributed by atoms with Crippen molar-refractivity contribution < 1.29 is 23.2 Å². The summed E-state index contributed by atoms with van der Waals surface area (Å²) in [5, 5.41) is 5.57. The fourth-order valence-corrected chi connectivity index (χ4v) is 3.31. The van der Waals surface area contributed by atoms with Crippen LogP contribution >= 0.6 is 0 Å². The van der Waals surface area contributed by atoms with Crippen molar-refractivity contribution in [1.29, 1.82) is 0 Å². The predicted molar refractivity (Wildman–Crippen MR) is 109 cm³/mol. The lowest BCUT2D eigenvalue weighted by atomic mass is 10.1. The van der Waals surface area contributed by atoms with Gasteiger partial charge in [-0.1, -0.05) is 19.1 Å². The maximum atomic E-state index is 14.0. The molecule has 2 N–H and O–H groups in total. The van der Waals surface area contributed by atoms with Gasteiger partial charge in [0.15, 0.2) is 0 Å². The van der Waals surface area contributed by atoms with Gasteiger partial charge in [0.25, 0.3) is 0 Å². The Morgan fingerprint density at radius 3 is 2.53 bits per heavy atom. The highest BCUT2D eigenvalue weighted by atomic mass is 19.1. The SMILES string of the molecule is CCCC(=O)Nc1ccc(CNC(=O)C2CC(=O)N(c3ccc(F)cc3F)C2)cc1. The highest BCUT2D eigenvalue weighted by molar-refractivity contribution is 6.00. The zero-order valence-electron chi connectivity index (χ0n) is 16.6. The van der Waals surface area contributed by atoms with E-state index in [-0.39, 0.29) is 42.9 Å². The maximum absolute atomic E-state index is 14.0. The van der Waals surface area contributed by atoms with Crippen molar-refractivity contribution in [3.8, 4) is 0 Å². The molecule has 1 saturated heterocycles. The minimum atomic E-state index is -0.837. The number of carbonyl (C=O) groups excluding carboxylic acids is 3. The molecule has 158 valence electrons. The van der Waals surface area contributed by atoms with Crippen LogP contribution < -0.4 is 15.5 Å². The zero-order chi connectivity index (χ0) is 21.7. The first kappa shape index (κ1) is 21.4. The van der Waals surface area contributed by atoms with Crippen molar-refractivity contribution in [2.75, 3.05) is 16.8 Å². The number of amides is 3. The monoisotopic (exact) mass is 415 g/mol. The summed E-state index contributed by atoms with van der Waals surface area (Å²) in [6.45, 7) is 2.23. The van der Waals surface area contributed by atoms with Gasteiger partial charge < -0.3 is 15.5 Å². The van der Waals surface area contributed by atoms with Gasteiger partial charge in [-0.05, 0) is 36.2 Å². The summed E-state index contributed by atoms with van der Waals surface area (Å²) in [5.41, 5.74) is 1.49. The molecule has 1 unspecified atom stereocenters. The van der Waals surface area contributed by atoms with E-state index in [0.29, 0.717) is 18.2 Å². The molecule has 0 aromatic heterocycles. The van der Waals surface area contributed by atoms with E-state index in [0.717, 1.165) is 18.1 Å². The molecular formula is C22H23F2N3O3. The first-order chi connectivity index (χ1) is 14.4. The molecular weight excluding hydrogens is 392 g/mol. The van der Waals surface area contributed by atoms with Crippen LogP contribution in [0.5, 0.6) is 0 Å². The molecule has 30 heavy (non-hydrogen) atoms. The molecule has 8 heteroatoms. The Kier molecular flexibility index (Phi) is 6.76. The molecule has 1 aliphatic heterocycles. The van der Waals surface area contributed by atoms with Crippen LogP contribution in [0.15, 0.2) is 42.5 Å². The summed E-state index contributed by atoms with van der Waals surface area (Å²) in [6, 6.07) is 10.1. The molecule has 0 spiro atoms. The number of hydrogen-bond donors (Lipinski definition) is 2. The molecule has 3 amide bonds. The largest absolute Gasteiger partial charge is 0.352 e. The minimum absolute atomic E-state index is 0.0302. The second-order valence-electron chi connectivity index (χ2n) is 7.21. The number of nitrogens with one attached hydrogen (secondary N) is 2. The van der Waals surface area contributed by atoms with Gasteiger partial charge in [0, 0.05) is 37.7 Å². The number of anilines is 2. The molecule has 0 saturated carbocycles. The van der Waals surface area contributed by atoms with Gasteiger partial charge in [-0.15, -0.1) is 0 Å². The molecule has 0 aliphatic carbocycles. The Balaban J connectivity index is 1.54. The fourth-order valence-electron chi connectivity index (χ4n) is 3.31. The lowest BCUT2D eigenvalue weighted by Gasteiger charge is -2.17. The van der Waals surface area contributed by atoms with Gasteiger partial charge in [-0.2, -0.15) is 0 Å². The number of nitrogens with zero attached hydrogens (tertiary/aromatic N) is 1. The van der Waals surface area contributed by atoms with Crippen molar-refractivity contribution in [3.05, 3.63) is 59.7 Å². The Bertz CT molecular complexity index is 947. The van der Waals surface area contributed by atoms with Gasteiger partial charge in [0.2, 0.25) is 17.7 Å². The third-order valence-electron chi connectivity index (χ3n) is 4.88. The number of rotatable bonds is 7. The summed E-state index contributed by atoms with van der Waals surface area (Å²) in [5.74, 6) is -2.92. The van der Waals surface area contributed by atoms with Gasteiger partial charge >= 0.3 is 0 Å². The topological polar surface area (TPSA) is 78.5 Å². The average molecular weight is 415 g/mol. The molecule has 0 bridgehead atoms. The summed E-state index contributed by atoms with van der Waals surface area (Å²) in [6.07, 6.45) is 1.19. The molecule has 0 radical (unpaired) electrons. The van der Waals surface area contributed by atoms with E-state index < -0.39 is 17.6 Å². The molecule has 3 rings (SSSR count). The Hall–Kier alpha value is -3.29. The van der Waals surface area contributed by atoms with E-state index in [1.807, 2.05) is 6.92 Å². The highest BCUT2D eigenvalue weighted by Gasteiger charge is 2.36. The standard InChI is InChI=1S/C22H23F2N3O3/c1-2-3-20(28)26-17-7-4-14(5-8-17)12-25-22(30)15-10-21(29)27(13-15)19-9-6-16(23)11-18(19)24/h4-9,11,15H,2-3,10,12-13H2,1H3,(H,25,30)(H,26,28). The predicted octanol–water partition coefficient (Wildman–Crippen LogP) is 3.37. The van der Waals surface area contributed by atoms with Crippen molar-refractivity contribution in [3.63, 3.8) is 0 Å². The van der Waals surface area contributed by atoms with Crippen LogP contribution in [0, 0.1) is 17.6 Å². The fraction of sp³-hybridized carbons (Fsp3) is 0.318.